The van der Waals surface area contributed by atoms with Crippen molar-refractivity contribution in [3.8, 4) is 0 Å². The smallest absolute Gasteiger partial charge is 0.387 e. The Balaban J connectivity index is 4.31. The van der Waals surface area contributed by atoms with E-state index >= 15 is 0 Å². The highest BCUT2D eigenvalue weighted by atomic mass is 31.2. The molecule has 0 fully saturated rings. The number of likely N-dealkylation sites (N-methyl/N-ethyl adjacent to an activating group) is 1. The Kier molecular flexibility index (Phi) is 43.0. The van der Waals surface area contributed by atoms with E-state index in [1.165, 1.54) is 173 Å². The molecule has 8 nitrogen and oxygen atoms in total. The highest BCUT2D eigenvalue weighted by molar-refractivity contribution is 7.47. The standard InChI is InChI=1S/C52H101N2O6P/c1-6-8-10-12-14-16-18-20-22-24-26-27-28-30-32-34-36-38-40-42-44-46-52(56)53-50(49-60-61(57,58)59-48-47-54(3,4)5)51(55)45-43-41-39-37-35-33-31-29-25-23-21-19-17-15-13-11-9-7-2/h18,20,24,26,43,45,50-51,55H,6-17,19,21-23,25,27-42,44,46-49H2,1-5H3,(H-,53,56,57,58)/p+1/b20-18-,26-24-,45-43+. The molecule has 3 unspecified atom stereocenters. The normalized spacial score (nSPS) is 14.4. The van der Waals surface area contributed by atoms with E-state index in [-0.39, 0.29) is 19.1 Å². The number of aliphatic hydroxyl groups excluding tert-OH is 1. The molecule has 9 heteroatoms. The highest BCUT2D eigenvalue weighted by Gasteiger charge is 2.27. The number of amides is 1. The minimum absolute atomic E-state index is 0.0608. The molecule has 0 spiro atoms. The minimum atomic E-state index is -4.34. The van der Waals surface area contributed by atoms with Crippen LogP contribution in [0.4, 0.5) is 0 Å². The fourth-order valence-electron chi connectivity index (χ4n) is 7.48. The number of rotatable bonds is 47. The molecule has 0 radical (unpaired) electrons. The summed E-state index contributed by atoms with van der Waals surface area (Å²) in [7, 11) is 1.57. The molecule has 360 valence electrons. The van der Waals surface area contributed by atoms with Crippen molar-refractivity contribution in [3.63, 3.8) is 0 Å². The Labute approximate surface area is 378 Å². The van der Waals surface area contributed by atoms with Crippen molar-refractivity contribution in [2.45, 2.75) is 251 Å². The van der Waals surface area contributed by atoms with Crippen molar-refractivity contribution in [2.75, 3.05) is 40.9 Å². The first-order valence-corrected chi connectivity index (χ1v) is 27.4. The van der Waals surface area contributed by atoms with Crippen LogP contribution in [0.25, 0.3) is 0 Å². The number of allylic oxidation sites excluding steroid dienone is 5. The Morgan fingerprint density at radius 2 is 0.934 bits per heavy atom. The van der Waals surface area contributed by atoms with Gasteiger partial charge in [0.15, 0.2) is 0 Å². The van der Waals surface area contributed by atoms with Crippen molar-refractivity contribution in [2.24, 2.45) is 0 Å². The average molecular weight is 882 g/mol. The summed E-state index contributed by atoms with van der Waals surface area (Å²) in [6.45, 7) is 4.82. The largest absolute Gasteiger partial charge is 0.472 e. The number of hydrogen-bond acceptors (Lipinski definition) is 5. The molecule has 1 amide bonds. The van der Waals surface area contributed by atoms with E-state index in [4.69, 9.17) is 9.05 Å². The maximum Gasteiger partial charge on any atom is 0.472 e. The molecule has 61 heavy (non-hydrogen) atoms. The number of quaternary nitrogens is 1. The van der Waals surface area contributed by atoms with Gasteiger partial charge in [-0.25, -0.2) is 4.57 Å². The van der Waals surface area contributed by atoms with E-state index in [1.807, 2.05) is 27.2 Å². The van der Waals surface area contributed by atoms with Crippen LogP contribution < -0.4 is 5.32 Å². The molecular weight excluding hydrogens is 780 g/mol. The maximum absolute atomic E-state index is 12.9. The van der Waals surface area contributed by atoms with Crippen molar-refractivity contribution in [3.05, 3.63) is 36.5 Å². The summed E-state index contributed by atoms with van der Waals surface area (Å²) in [5.74, 6) is -0.180. The van der Waals surface area contributed by atoms with E-state index in [0.29, 0.717) is 17.4 Å². The fourth-order valence-corrected chi connectivity index (χ4v) is 8.22. The first-order chi connectivity index (χ1) is 29.5. The zero-order valence-corrected chi connectivity index (χ0v) is 41.8. The van der Waals surface area contributed by atoms with Gasteiger partial charge in [0, 0.05) is 6.42 Å². The van der Waals surface area contributed by atoms with Gasteiger partial charge in [0.25, 0.3) is 0 Å². The van der Waals surface area contributed by atoms with Crippen LogP contribution in [0.3, 0.4) is 0 Å². The lowest BCUT2D eigenvalue weighted by Crippen LogP contribution is -2.45. The number of hydrogen-bond donors (Lipinski definition) is 3. The zero-order chi connectivity index (χ0) is 45.0. The molecule has 0 heterocycles. The molecule has 0 aromatic carbocycles. The van der Waals surface area contributed by atoms with Gasteiger partial charge < -0.3 is 19.8 Å². The molecule has 3 atom stereocenters. The van der Waals surface area contributed by atoms with Gasteiger partial charge in [-0.3, -0.25) is 13.8 Å². The molecule has 0 saturated heterocycles. The van der Waals surface area contributed by atoms with Crippen molar-refractivity contribution >= 4 is 13.7 Å². The number of nitrogens with zero attached hydrogens (tertiary/aromatic N) is 1. The first kappa shape index (κ1) is 59.7. The summed E-state index contributed by atoms with van der Waals surface area (Å²) in [6, 6.07) is -0.848. The van der Waals surface area contributed by atoms with E-state index < -0.39 is 20.0 Å². The van der Waals surface area contributed by atoms with Crippen LogP contribution in [0, 0.1) is 0 Å². The van der Waals surface area contributed by atoms with Crippen molar-refractivity contribution in [1.29, 1.82) is 0 Å². The number of carbonyl (C=O) groups is 1. The number of carbonyl (C=O) groups excluding carboxylic acids is 1. The van der Waals surface area contributed by atoms with E-state index in [9.17, 15) is 19.4 Å². The van der Waals surface area contributed by atoms with Crippen molar-refractivity contribution in [1.82, 2.24) is 5.32 Å². The van der Waals surface area contributed by atoms with Gasteiger partial charge in [-0.2, -0.15) is 0 Å². The average Bonchev–Trinajstić information content (AvgIpc) is 3.21. The second kappa shape index (κ2) is 43.9. The lowest BCUT2D eigenvalue weighted by atomic mass is 10.0. The number of phosphoric ester groups is 1. The van der Waals surface area contributed by atoms with Crippen LogP contribution in [-0.2, 0) is 18.4 Å². The molecule has 0 aliphatic rings. The van der Waals surface area contributed by atoms with Crippen LogP contribution in [0.2, 0.25) is 0 Å². The molecule has 0 rings (SSSR count). The van der Waals surface area contributed by atoms with Crippen LogP contribution in [0.1, 0.15) is 239 Å². The van der Waals surface area contributed by atoms with Crippen molar-refractivity contribution < 1.29 is 32.9 Å². The summed E-state index contributed by atoms with van der Waals surface area (Å²) in [6.07, 6.45) is 55.0. The molecule has 0 bridgehead atoms. The summed E-state index contributed by atoms with van der Waals surface area (Å²) >= 11 is 0. The van der Waals surface area contributed by atoms with Gasteiger partial charge in [0.2, 0.25) is 5.91 Å². The number of aliphatic hydroxyl groups is 1. The minimum Gasteiger partial charge on any atom is -0.387 e. The zero-order valence-electron chi connectivity index (χ0n) is 40.9. The molecule has 0 saturated carbocycles. The van der Waals surface area contributed by atoms with E-state index in [1.54, 1.807) is 6.08 Å². The maximum atomic E-state index is 12.9. The molecule has 3 N–H and O–H groups in total. The fraction of sp³-hybridized carbons (Fsp3) is 0.865. The van der Waals surface area contributed by atoms with Gasteiger partial charge in [0.1, 0.15) is 13.2 Å². The summed E-state index contributed by atoms with van der Waals surface area (Å²) in [5.41, 5.74) is 0. The first-order valence-electron chi connectivity index (χ1n) is 25.9. The van der Waals surface area contributed by atoms with Crippen LogP contribution in [0.5, 0.6) is 0 Å². The molecule has 0 aliphatic heterocycles. The second-order valence-electron chi connectivity index (χ2n) is 18.9. The summed E-state index contributed by atoms with van der Waals surface area (Å²) in [5, 5.41) is 13.9. The third kappa shape index (κ3) is 46.5. The topological polar surface area (TPSA) is 105 Å². The third-order valence-corrected chi connectivity index (χ3v) is 12.6. The Morgan fingerprint density at radius 1 is 0.557 bits per heavy atom. The Morgan fingerprint density at radius 3 is 1.34 bits per heavy atom. The highest BCUT2D eigenvalue weighted by Crippen LogP contribution is 2.43. The van der Waals surface area contributed by atoms with Gasteiger partial charge in [-0.15, -0.1) is 0 Å². The van der Waals surface area contributed by atoms with Gasteiger partial charge in [-0.1, -0.05) is 217 Å². The van der Waals surface area contributed by atoms with Gasteiger partial charge in [0.05, 0.1) is 39.9 Å². The molecular formula is C52H102N2O6P+. The third-order valence-electron chi connectivity index (χ3n) is 11.6. The van der Waals surface area contributed by atoms with E-state index in [0.717, 1.165) is 44.9 Å². The summed E-state index contributed by atoms with van der Waals surface area (Å²) < 4.78 is 23.6. The Hall–Kier alpha value is -1.28. The van der Waals surface area contributed by atoms with Crippen LogP contribution in [-0.4, -0.2) is 73.4 Å². The quantitative estimate of drug-likeness (QED) is 0.0243. The Bertz CT molecular complexity index is 1090. The lowest BCUT2D eigenvalue weighted by Gasteiger charge is -2.25. The number of nitrogens with one attached hydrogen (secondary N) is 1. The van der Waals surface area contributed by atoms with E-state index in [2.05, 4.69) is 43.5 Å². The summed E-state index contributed by atoms with van der Waals surface area (Å²) in [4.78, 5) is 23.2. The van der Waals surface area contributed by atoms with Gasteiger partial charge >= 0.3 is 7.82 Å². The number of unbranched alkanes of at least 4 members (excludes halogenated alkanes) is 30. The monoisotopic (exact) mass is 882 g/mol. The molecule has 0 aromatic heterocycles. The SMILES string of the molecule is CCCCCCC/C=C\C/C=C\CCCCCCCCCCCC(=O)NC(COP(=O)(O)OCC[N+](C)(C)C)C(O)/C=C/CCCCCCCCCCCCCCCCCC. The molecule has 0 aliphatic carbocycles. The lowest BCUT2D eigenvalue weighted by molar-refractivity contribution is -0.870. The predicted octanol–water partition coefficient (Wildman–Crippen LogP) is 15.0. The molecule has 0 aromatic rings. The number of phosphoric acid groups is 1. The predicted molar refractivity (Wildman–Crippen MR) is 263 cm³/mol. The van der Waals surface area contributed by atoms with Crippen LogP contribution >= 0.6 is 7.82 Å². The van der Waals surface area contributed by atoms with Gasteiger partial charge in [-0.05, 0) is 51.4 Å². The van der Waals surface area contributed by atoms with Crippen LogP contribution in [0.15, 0.2) is 36.5 Å². The second-order valence-corrected chi connectivity index (χ2v) is 20.4.